The lowest BCUT2D eigenvalue weighted by molar-refractivity contribution is -0.118. The van der Waals surface area contributed by atoms with Crippen molar-refractivity contribution in [2.24, 2.45) is 0 Å². The number of imidazole rings is 1. The molecule has 4 rings (SSSR count). The maximum absolute atomic E-state index is 11.5. The summed E-state index contributed by atoms with van der Waals surface area (Å²) in [7, 11) is 0. The Hall–Kier alpha value is -3.12. The third kappa shape index (κ3) is 3.71. The van der Waals surface area contributed by atoms with Crippen LogP contribution in [0.25, 0.3) is 5.69 Å². The fraction of sp³-hybridized carbons (Fsp3) is 0.238. The van der Waals surface area contributed by atoms with Crippen molar-refractivity contribution in [3.05, 3.63) is 71.8 Å². The molecule has 2 N–H and O–H groups in total. The average Bonchev–Trinajstić information content (AvgIpc) is 3.11. The maximum Gasteiger partial charge on any atom is 0.262 e. The molecule has 0 aliphatic carbocycles. The van der Waals surface area contributed by atoms with E-state index in [0.29, 0.717) is 6.54 Å². The molecule has 0 spiro atoms. The number of amides is 1. The lowest BCUT2D eigenvalue weighted by Gasteiger charge is -2.19. The highest BCUT2D eigenvalue weighted by molar-refractivity contribution is 5.95. The van der Waals surface area contributed by atoms with Crippen molar-refractivity contribution in [3.63, 3.8) is 0 Å². The Morgan fingerprint density at radius 2 is 2.07 bits per heavy atom. The predicted octanol–water partition coefficient (Wildman–Crippen LogP) is 3.36. The first-order valence-electron chi connectivity index (χ1n) is 8.99. The van der Waals surface area contributed by atoms with Crippen LogP contribution in [0.4, 0.5) is 5.69 Å². The summed E-state index contributed by atoms with van der Waals surface area (Å²) in [4.78, 5) is 15.7. The molecule has 1 aromatic heterocycles. The van der Waals surface area contributed by atoms with Crippen molar-refractivity contribution in [1.29, 1.82) is 0 Å². The van der Waals surface area contributed by atoms with Gasteiger partial charge in [-0.25, -0.2) is 4.98 Å². The number of nitrogens with zero attached hydrogens (tertiary/aromatic N) is 2. The van der Waals surface area contributed by atoms with E-state index >= 15 is 0 Å². The van der Waals surface area contributed by atoms with Gasteiger partial charge in [0.1, 0.15) is 11.6 Å². The van der Waals surface area contributed by atoms with E-state index in [9.17, 15) is 4.79 Å². The van der Waals surface area contributed by atoms with Crippen LogP contribution in [0.15, 0.2) is 54.9 Å². The van der Waals surface area contributed by atoms with Crippen LogP contribution < -0.4 is 15.4 Å². The van der Waals surface area contributed by atoms with E-state index in [2.05, 4.69) is 51.4 Å². The molecule has 138 valence electrons. The number of benzene rings is 2. The van der Waals surface area contributed by atoms with Gasteiger partial charge < -0.3 is 19.9 Å². The monoisotopic (exact) mass is 362 g/mol. The Morgan fingerprint density at radius 3 is 2.81 bits per heavy atom. The van der Waals surface area contributed by atoms with Crippen LogP contribution in [-0.4, -0.2) is 22.1 Å². The lowest BCUT2D eigenvalue weighted by atomic mass is 10.1. The summed E-state index contributed by atoms with van der Waals surface area (Å²) >= 11 is 0. The first-order chi connectivity index (χ1) is 13.1. The summed E-state index contributed by atoms with van der Waals surface area (Å²) in [6, 6.07) is 14.5. The highest BCUT2D eigenvalue weighted by Gasteiger charge is 2.16. The molecular formula is C21H22N4O2. The molecular weight excluding hydrogens is 340 g/mol. The molecule has 1 aliphatic rings. The molecule has 1 aliphatic heterocycles. The van der Waals surface area contributed by atoms with Gasteiger partial charge in [0.15, 0.2) is 6.61 Å². The smallest absolute Gasteiger partial charge is 0.262 e. The number of aryl methyl sites for hydroxylation is 1. The Morgan fingerprint density at radius 1 is 1.26 bits per heavy atom. The zero-order chi connectivity index (χ0) is 18.8. The van der Waals surface area contributed by atoms with Gasteiger partial charge in [0.2, 0.25) is 0 Å². The van der Waals surface area contributed by atoms with Gasteiger partial charge in [-0.05, 0) is 49.2 Å². The van der Waals surface area contributed by atoms with Crippen LogP contribution in [0.3, 0.4) is 0 Å². The number of carbonyl (C=O) groups is 1. The summed E-state index contributed by atoms with van der Waals surface area (Å²) in [5.41, 5.74) is 4.15. The van der Waals surface area contributed by atoms with Crippen molar-refractivity contribution < 1.29 is 9.53 Å². The molecule has 0 bridgehead atoms. The molecule has 2 aromatic carbocycles. The molecule has 6 heteroatoms. The number of rotatable bonds is 5. The summed E-state index contributed by atoms with van der Waals surface area (Å²) in [5, 5.41) is 6.37. The maximum atomic E-state index is 11.5. The van der Waals surface area contributed by atoms with Crippen LogP contribution in [0.1, 0.15) is 29.9 Å². The molecule has 0 saturated heterocycles. The van der Waals surface area contributed by atoms with Gasteiger partial charge in [-0.15, -0.1) is 0 Å². The van der Waals surface area contributed by atoms with Crippen molar-refractivity contribution in [2.45, 2.75) is 26.4 Å². The van der Waals surface area contributed by atoms with Crippen LogP contribution in [-0.2, 0) is 11.3 Å². The molecule has 2 heterocycles. The molecule has 1 unspecified atom stereocenters. The Bertz CT molecular complexity index is 963. The highest BCUT2D eigenvalue weighted by Crippen LogP contribution is 2.28. The molecule has 27 heavy (non-hydrogen) atoms. The van der Waals surface area contributed by atoms with Gasteiger partial charge in [-0.3, -0.25) is 4.79 Å². The molecule has 1 amide bonds. The third-order valence-electron chi connectivity index (χ3n) is 4.79. The Balaban J connectivity index is 1.41. The first-order valence-corrected chi connectivity index (χ1v) is 8.99. The normalized spacial score (nSPS) is 14.2. The molecule has 1 atom stereocenters. The summed E-state index contributed by atoms with van der Waals surface area (Å²) in [6.07, 6.45) is 3.77. The van der Waals surface area contributed by atoms with Gasteiger partial charge in [-0.2, -0.15) is 0 Å². The highest BCUT2D eigenvalue weighted by atomic mass is 16.5. The number of hydrogen-bond donors (Lipinski definition) is 2. The second-order valence-corrected chi connectivity index (χ2v) is 6.71. The van der Waals surface area contributed by atoms with Crippen LogP contribution in [0.2, 0.25) is 0 Å². The zero-order valence-electron chi connectivity index (χ0n) is 15.4. The van der Waals surface area contributed by atoms with Crippen LogP contribution in [0.5, 0.6) is 5.75 Å². The van der Waals surface area contributed by atoms with Gasteiger partial charge in [0.25, 0.3) is 5.91 Å². The number of aromatic nitrogens is 2. The summed E-state index contributed by atoms with van der Waals surface area (Å²) in [5.74, 6) is 1.57. The number of anilines is 1. The fourth-order valence-electron chi connectivity index (χ4n) is 3.20. The molecule has 0 radical (unpaired) electrons. The SMILES string of the molecule is Cc1nccn1-c1ccc(C(C)NCc2ccc3c(c2)NC(=O)CO3)cc1. The van der Waals surface area contributed by atoms with Gasteiger partial charge >= 0.3 is 0 Å². The molecule has 3 aromatic rings. The predicted molar refractivity (Wildman–Crippen MR) is 104 cm³/mol. The number of carbonyl (C=O) groups excluding carboxylic acids is 1. The number of hydrogen-bond acceptors (Lipinski definition) is 4. The van der Waals surface area contributed by atoms with Gasteiger partial charge in [-0.1, -0.05) is 18.2 Å². The van der Waals surface area contributed by atoms with Crippen molar-refractivity contribution in [3.8, 4) is 11.4 Å². The van der Waals surface area contributed by atoms with E-state index in [1.807, 2.05) is 31.3 Å². The van der Waals surface area contributed by atoms with E-state index in [0.717, 1.165) is 28.5 Å². The minimum absolute atomic E-state index is 0.0796. The third-order valence-corrected chi connectivity index (χ3v) is 4.79. The van der Waals surface area contributed by atoms with E-state index in [1.54, 1.807) is 6.20 Å². The largest absolute Gasteiger partial charge is 0.482 e. The topological polar surface area (TPSA) is 68.2 Å². The average molecular weight is 362 g/mol. The molecule has 6 nitrogen and oxygen atoms in total. The first kappa shape index (κ1) is 17.3. The molecule has 0 saturated carbocycles. The van der Waals surface area contributed by atoms with Crippen LogP contribution in [0, 0.1) is 6.92 Å². The fourth-order valence-corrected chi connectivity index (χ4v) is 3.20. The van der Waals surface area contributed by atoms with E-state index in [1.165, 1.54) is 5.56 Å². The zero-order valence-corrected chi connectivity index (χ0v) is 15.4. The van der Waals surface area contributed by atoms with Gasteiger partial charge in [0.05, 0.1) is 5.69 Å². The minimum Gasteiger partial charge on any atom is -0.482 e. The quantitative estimate of drug-likeness (QED) is 0.730. The Kier molecular flexibility index (Phi) is 4.64. The van der Waals surface area contributed by atoms with E-state index < -0.39 is 0 Å². The number of nitrogens with one attached hydrogen (secondary N) is 2. The number of ether oxygens (including phenoxy) is 1. The van der Waals surface area contributed by atoms with E-state index in [-0.39, 0.29) is 18.6 Å². The van der Waals surface area contributed by atoms with Gasteiger partial charge in [0, 0.05) is 30.7 Å². The van der Waals surface area contributed by atoms with Crippen molar-refractivity contribution in [1.82, 2.24) is 14.9 Å². The Labute approximate surface area is 158 Å². The standard InChI is InChI=1S/C21H22N4O2/c1-14(17-4-6-18(7-5-17)25-10-9-22-15(25)2)23-12-16-3-8-20-19(11-16)24-21(26)13-27-20/h3-11,14,23H,12-13H2,1-2H3,(H,24,26). The second-order valence-electron chi connectivity index (χ2n) is 6.71. The summed E-state index contributed by atoms with van der Waals surface area (Å²) < 4.78 is 7.46. The lowest BCUT2D eigenvalue weighted by Crippen LogP contribution is -2.25. The van der Waals surface area contributed by atoms with Crippen LogP contribution >= 0.6 is 0 Å². The van der Waals surface area contributed by atoms with Crippen molar-refractivity contribution in [2.75, 3.05) is 11.9 Å². The second kappa shape index (κ2) is 7.25. The summed E-state index contributed by atoms with van der Waals surface area (Å²) in [6.45, 7) is 4.91. The van der Waals surface area contributed by atoms with E-state index in [4.69, 9.17) is 4.74 Å². The minimum atomic E-state index is -0.116. The van der Waals surface area contributed by atoms with Crippen molar-refractivity contribution >= 4 is 11.6 Å². The molecule has 0 fully saturated rings. The number of fused-ring (bicyclic) bond motifs is 1.